The summed E-state index contributed by atoms with van der Waals surface area (Å²) in [5.74, 6) is 0. The largest absolute Gasteiger partial charge is 2.00 e. The standard InChI is InChI=1S/2C5H7.Ni/c2*1-4-5(2)3;/h2*2,4H,1H2,3H3;/q2*-1;+2. The maximum atomic E-state index is 5.09. The van der Waals surface area contributed by atoms with Gasteiger partial charge in [0.05, 0.1) is 0 Å². The number of hydrogen-bond acceptors (Lipinski definition) is 0. The Hall–Kier alpha value is -0.546. The minimum absolute atomic E-state index is 0. The maximum Gasteiger partial charge on any atom is 2.00 e. The van der Waals surface area contributed by atoms with Gasteiger partial charge in [0.2, 0.25) is 0 Å². The molecule has 0 N–H and O–H groups in total. The maximum absolute atomic E-state index is 5.09. The van der Waals surface area contributed by atoms with Crippen LogP contribution in [0.1, 0.15) is 13.8 Å². The van der Waals surface area contributed by atoms with E-state index in [4.69, 9.17) is 13.2 Å². The van der Waals surface area contributed by atoms with E-state index >= 15 is 0 Å². The number of rotatable bonds is 2. The van der Waals surface area contributed by atoms with E-state index in [9.17, 15) is 0 Å². The molecule has 0 aliphatic rings. The first-order valence-corrected chi connectivity index (χ1v) is 2.97. The SMILES string of the molecule is [CH-]=C(C)C=C.[CH-]=C(C)C=C.[Ni+2]. The monoisotopic (exact) mass is 192 g/mol. The van der Waals surface area contributed by atoms with Crippen molar-refractivity contribution in [3.05, 3.63) is 49.6 Å². The Bertz CT molecular complexity index is 125. The van der Waals surface area contributed by atoms with Crippen molar-refractivity contribution < 1.29 is 16.5 Å². The molecule has 0 aliphatic heterocycles. The molecule has 0 amide bonds. The van der Waals surface area contributed by atoms with E-state index in [1.807, 2.05) is 0 Å². The van der Waals surface area contributed by atoms with Gasteiger partial charge in [-0.25, -0.2) is 23.3 Å². The van der Waals surface area contributed by atoms with Gasteiger partial charge in [-0.2, -0.15) is 13.2 Å². The van der Waals surface area contributed by atoms with E-state index in [0.29, 0.717) is 0 Å². The van der Waals surface area contributed by atoms with Crippen molar-refractivity contribution in [1.82, 2.24) is 0 Å². The summed E-state index contributed by atoms with van der Waals surface area (Å²) < 4.78 is 0. The molecule has 0 fully saturated rings. The van der Waals surface area contributed by atoms with Crippen molar-refractivity contribution in [3.8, 4) is 0 Å². The molecule has 1 heteroatoms. The number of allylic oxidation sites excluding steroid dienone is 4. The van der Waals surface area contributed by atoms with Crippen LogP contribution in [0.25, 0.3) is 0 Å². The summed E-state index contributed by atoms with van der Waals surface area (Å²) in [6.07, 6.45) is 3.22. The molecule has 0 aromatic rings. The van der Waals surface area contributed by atoms with Gasteiger partial charge < -0.3 is 0 Å². The average molecular weight is 193 g/mol. The first-order chi connectivity index (χ1) is 4.54. The molecule has 0 aliphatic carbocycles. The van der Waals surface area contributed by atoms with Gasteiger partial charge in [-0.1, -0.05) is 13.8 Å². The van der Waals surface area contributed by atoms with Crippen LogP contribution in [-0.2, 0) is 16.5 Å². The average Bonchev–Trinajstić information content (AvgIpc) is 1.89. The molecule has 11 heavy (non-hydrogen) atoms. The van der Waals surface area contributed by atoms with Crippen molar-refractivity contribution >= 4 is 0 Å². The number of hydrogen-bond donors (Lipinski definition) is 0. The molecule has 0 spiro atoms. The smallest absolute Gasteiger partial charge is 0.290 e. The minimum Gasteiger partial charge on any atom is -0.290 e. The summed E-state index contributed by atoms with van der Waals surface area (Å²) in [6, 6.07) is 0. The fraction of sp³-hybridized carbons (Fsp3) is 0.200. The molecule has 0 radical (unpaired) electrons. The fourth-order valence-electron chi connectivity index (χ4n) is 0. The summed E-state index contributed by atoms with van der Waals surface area (Å²) in [4.78, 5) is 0. The quantitative estimate of drug-likeness (QED) is 0.359. The topological polar surface area (TPSA) is 0 Å². The molecular weight excluding hydrogens is 179 g/mol. The third-order valence-corrected chi connectivity index (χ3v) is 0.644. The molecule has 0 atom stereocenters. The van der Waals surface area contributed by atoms with Crippen LogP contribution in [0.15, 0.2) is 36.5 Å². The van der Waals surface area contributed by atoms with Crippen LogP contribution in [0, 0.1) is 13.2 Å². The second kappa shape index (κ2) is 12.2. The Labute approximate surface area is 80.3 Å². The first kappa shape index (κ1) is 16.8. The van der Waals surface area contributed by atoms with Crippen LogP contribution >= 0.6 is 0 Å². The van der Waals surface area contributed by atoms with E-state index in [1.54, 1.807) is 26.0 Å². The summed E-state index contributed by atoms with van der Waals surface area (Å²) in [7, 11) is 0. The Morgan fingerprint density at radius 3 is 1.09 bits per heavy atom. The zero-order valence-electron chi connectivity index (χ0n) is 7.04. The molecule has 0 rings (SSSR count). The summed E-state index contributed by atoms with van der Waals surface area (Å²) in [5.41, 5.74) is 1.54. The molecule has 0 aromatic carbocycles. The fourth-order valence-corrected chi connectivity index (χ4v) is 0. The third-order valence-electron chi connectivity index (χ3n) is 0.644. The van der Waals surface area contributed by atoms with Crippen LogP contribution in [0.5, 0.6) is 0 Å². The molecule has 0 heterocycles. The third kappa shape index (κ3) is 44.0. The zero-order valence-corrected chi connectivity index (χ0v) is 8.03. The van der Waals surface area contributed by atoms with Gasteiger partial charge >= 0.3 is 16.5 Å². The van der Waals surface area contributed by atoms with Gasteiger partial charge in [0.1, 0.15) is 0 Å². The summed E-state index contributed by atoms with van der Waals surface area (Å²) >= 11 is 0. The second-order valence-electron chi connectivity index (χ2n) is 1.90. The van der Waals surface area contributed by atoms with Gasteiger partial charge in [0.25, 0.3) is 0 Å². The molecule has 0 saturated heterocycles. The minimum atomic E-state index is 0. The van der Waals surface area contributed by atoms with Crippen molar-refractivity contribution in [1.29, 1.82) is 0 Å². The second-order valence-corrected chi connectivity index (χ2v) is 1.90. The van der Waals surface area contributed by atoms with Crippen LogP contribution < -0.4 is 0 Å². The predicted molar refractivity (Wildman–Crippen MR) is 47.4 cm³/mol. The van der Waals surface area contributed by atoms with Crippen molar-refractivity contribution in [2.75, 3.05) is 0 Å². The predicted octanol–water partition coefficient (Wildman–Crippen LogP) is 3.10. The van der Waals surface area contributed by atoms with Crippen molar-refractivity contribution in [2.24, 2.45) is 0 Å². The van der Waals surface area contributed by atoms with E-state index in [2.05, 4.69) is 13.2 Å². The first-order valence-electron chi connectivity index (χ1n) is 2.97. The molecule has 64 valence electrons. The van der Waals surface area contributed by atoms with Gasteiger partial charge in [-0.15, -0.1) is 0 Å². The molecule has 0 nitrogen and oxygen atoms in total. The van der Waals surface area contributed by atoms with Crippen molar-refractivity contribution in [2.45, 2.75) is 13.8 Å². The van der Waals surface area contributed by atoms with E-state index in [1.165, 1.54) is 0 Å². The van der Waals surface area contributed by atoms with Gasteiger partial charge in [-0.05, 0) is 0 Å². The Morgan fingerprint density at radius 1 is 1.00 bits per heavy atom. The normalized spacial score (nSPS) is 6.00. The van der Waals surface area contributed by atoms with Gasteiger partial charge in [-0.3, -0.25) is 13.2 Å². The molecular formula is C10H14Ni. The Balaban J connectivity index is -0.000000107. The van der Waals surface area contributed by atoms with Gasteiger partial charge in [0, 0.05) is 0 Å². The van der Waals surface area contributed by atoms with Crippen LogP contribution in [0.3, 0.4) is 0 Å². The molecule has 0 unspecified atom stereocenters. The summed E-state index contributed by atoms with van der Waals surface area (Å²) in [5, 5.41) is 0. The summed E-state index contributed by atoms with van der Waals surface area (Å²) in [6.45, 7) is 20.6. The van der Waals surface area contributed by atoms with Crippen LogP contribution in [0.4, 0.5) is 0 Å². The van der Waals surface area contributed by atoms with E-state index in [-0.39, 0.29) is 16.5 Å². The van der Waals surface area contributed by atoms with Crippen LogP contribution in [0.2, 0.25) is 0 Å². The molecule has 0 saturated carbocycles. The van der Waals surface area contributed by atoms with E-state index < -0.39 is 0 Å². The molecule has 0 aromatic heterocycles. The molecule has 0 bridgehead atoms. The Kier molecular flexibility index (Phi) is 18.6. The zero-order chi connectivity index (χ0) is 8.57. The van der Waals surface area contributed by atoms with Gasteiger partial charge in [0.15, 0.2) is 0 Å². The van der Waals surface area contributed by atoms with Crippen LogP contribution in [-0.4, -0.2) is 0 Å². The van der Waals surface area contributed by atoms with E-state index in [0.717, 1.165) is 11.1 Å². The Morgan fingerprint density at radius 2 is 1.09 bits per heavy atom. The van der Waals surface area contributed by atoms with Crippen molar-refractivity contribution in [3.63, 3.8) is 0 Å².